The van der Waals surface area contributed by atoms with E-state index in [1.165, 1.54) is 38.2 Å². The first-order chi connectivity index (χ1) is 20.9. The molecule has 4 rings (SSSR count). The van der Waals surface area contributed by atoms with Crippen LogP contribution in [0.4, 0.5) is 0 Å². The van der Waals surface area contributed by atoms with Crippen molar-refractivity contribution in [1.29, 1.82) is 0 Å². The predicted molar refractivity (Wildman–Crippen MR) is 170 cm³/mol. The third kappa shape index (κ3) is 9.50. The van der Waals surface area contributed by atoms with Gasteiger partial charge in [0.1, 0.15) is 11.5 Å². The van der Waals surface area contributed by atoms with Crippen LogP contribution in [0.15, 0.2) is 91.0 Å². The molecule has 7 nitrogen and oxygen atoms in total. The molecule has 1 heterocycles. The SMILES string of the molecule is C=C(C)C(=O)OC(CCCCCCCCCC)Oc1ccc(-c2nc(-c3ccccc3)nc(-c3ccccc3)n2)c(O)c1. The molecule has 0 amide bonds. The third-order valence-electron chi connectivity index (χ3n) is 7.06. The molecule has 0 bridgehead atoms. The van der Waals surface area contributed by atoms with Crippen molar-refractivity contribution in [2.24, 2.45) is 0 Å². The van der Waals surface area contributed by atoms with Gasteiger partial charge in [-0.15, -0.1) is 0 Å². The second kappa shape index (κ2) is 16.2. The Labute approximate surface area is 254 Å². The van der Waals surface area contributed by atoms with Crippen LogP contribution in [0.5, 0.6) is 11.5 Å². The number of hydrogen-bond acceptors (Lipinski definition) is 7. The van der Waals surface area contributed by atoms with E-state index in [9.17, 15) is 9.90 Å². The lowest BCUT2D eigenvalue weighted by atomic mass is 10.1. The van der Waals surface area contributed by atoms with Crippen molar-refractivity contribution in [2.45, 2.75) is 77.9 Å². The van der Waals surface area contributed by atoms with Crippen molar-refractivity contribution in [3.05, 3.63) is 91.0 Å². The Kier molecular flexibility index (Phi) is 11.8. The summed E-state index contributed by atoms with van der Waals surface area (Å²) in [6.45, 7) is 7.52. The van der Waals surface area contributed by atoms with Crippen molar-refractivity contribution < 1.29 is 19.4 Å². The van der Waals surface area contributed by atoms with Crippen molar-refractivity contribution in [2.75, 3.05) is 0 Å². The summed E-state index contributed by atoms with van der Waals surface area (Å²) in [4.78, 5) is 26.4. The zero-order valence-electron chi connectivity index (χ0n) is 25.2. The summed E-state index contributed by atoms with van der Waals surface area (Å²) in [5.74, 6) is 1.15. The summed E-state index contributed by atoms with van der Waals surface area (Å²) in [5.41, 5.74) is 2.42. The Morgan fingerprint density at radius 1 is 0.767 bits per heavy atom. The van der Waals surface area contributed by atoms with Crippen LogP contribution in [0, 0.1) is 0 Å². The fourth-order valence-corrected chi connectivity index (χ4v) is 4.66. The first-order valence-electron chi connectivity index (χ1n) is 15.2. The standard InChI is InChI=1S/C36H41N3O4/c1-4-5-6-7-8-9-10-17-22-32(43-36(41)26(2)3)42-29-23-24-30(31(40)25-29)35-38-33(27-18-13-11-14-19-27)37-34(39-35)28-20-15-12-16-21-28/h11-16,18-21,23-25,32,40H,2,4-10,17,22H2,1,3H3. The Bertz CT molecular complexity index is 1420. The zero-order chi connectivity index (χ0) is 30.4. The van der Waals surface area contributed by atoms with Crippen molar-refractivity contribution >= 4 is 5.97 Å². The van der Waals surface area contributed by atoms with Crippen molar-refractivity contribution in [1.82, 2.24) is 15.0 Å². The molecule has 0 saturated carbocycles. The molecule has 7 heteroatoms. The number of phenols is 1. The summed E-state index contributed by atoms with van der Waals surface area (Å²) in [7, 11) is 0. The number of carbonyl (C=O) groups excluding carboxylic acids is 1. The molecule has 4 aromatic rings. The quantitative estimate of drug-likeness (QED) is 0.0613. The molecule has 0 aliphatic rings. The smallest absolute Gasteiger partial charge is 0.336 e. The number of ether oxygens (including phenoxy) is 2. The Hall–Kier alpha value is -4.52. The van der Waals surface area contributed by atoms with Crippen LogP contribution in [-0.2, 0) is 9.53 Å². The maximum absolute atomic E-state index is 12.3. The lowest BCUT2D eigenvalue weighted by molar-refractivity contribution is -0.159. The molecule has 224 valence electrons. The molecule has 0 saturated heterocycles. The lowest BCUT2D eigenvalue weighted by Gasteiger charge is -2.20. The largest absolute Gasteiger partial charge is 0.507 e. The van der Waals surface area contributed by atoms with Crippen LogP contribution in [0.25, 0.3) is 34.2 Å². The number of aromatic nitrogens is 3. The minimum Gasteiger partial charge on any atom is -0.507 e. The van der Waals surface area contributed by atoms with Crippen molar-refractivity contribution in [3.8, 4) is 45.7 Å². The van der Waals surface area contributed by atoms with Gasteiger partial charge in [-0.1, -0.05) is 119 Å². The fraction of sp³-hybridized carbons (Fsp3) is 0.333. The van der Waals surface area contributed by atoms with E-state index in [0.717, 1.165) is 30.4 Å². The lowest BCUT2D eigenvalue weighted by Crippen LogP contribution is -2.24. The highest BCUT2D eigenvalue weighted by molar-refractivity contribution is 5.87. The topological polar surface area (TPSA) is 94.4 Å². The Morgan fingerprint density at radius 3 is 1.84 bits per heavy atom. The second-order valence-electron chi connectivity index (χ2n) is 10.7. The predicted octanol–water partition coefficient (Wildman–Crippen LogP) is 8.93. The highest BCUT2D eigenvalue weighted by atomic mass is 16.7. The van der Waals surface area contributed by atoms with E-state index in [2.05, 4.69) is 23.5 Å². The number of unbranched alkanes of at least 4 members (excludes halogenated alkanes) is 7. The van der Waals surface area contributed by atoms with Crippen LogP contribution in [0.2, 0.25) is 0 Å². The molecule has 0 aliphatic carbocycles. The Morgan fingerprint density at radius 2 is 1.30 bits per heavy atom. The van der Waals surface area contributed by atoms with Crippen LogP contribution in [0.1, 0.15) is 71.6 Å². The zero-order valence-corrected chi connectivity index (χ0v) is 25.2. The van der Waals surface area contributed by atoms with Gasteiger partial charge < -0.3 is 14.6 Å². The van der Waals surface area contributed by atoms with E-state index < -0.39 is 12.3 Å². The number of carbonyl (C=O) groups is 1. The first-order valence-corrected chi connectivity index (χ1v) is 15.2. The minimum absolute atomic E-state index is 0.0567. The number of esters is 1. The summed E-state index contributed by atoms with van der Waals surface area (Å²) in [6.07, 6.45) is 9.07. The number of rotatable bonds is 16. The van der Waals surface area contributed by atoms with Crippen LogP contribution >= 0.6 is 0 Å². The van der Waals surface area contributed by atoms with Gasteiger partial charge in [-0.25, -0.2) is 19.7 Å². The van der Waals surface area contributed by atoms with Gasteiger partial charge in [0.15, 0.2) is 17.5 Å². The molecule has 0 fully saturated rings. The summed E-state index contributed by atoms with van der Waals surface area (Å²) in [6, 6.07) is 24.2. The number of benzene rings is 3. The first kappa shape index (κ1) is 31.4. The van der Waals surface area contributed by atoms with Gasteiger partial charge >= 0.3 is 5.97 Å². The Balaban J connectivity index is 1.52. The molecule has 0 aliphatic heterocycles. The van der Waals surface area contributed by atoms with E-state index >= 15 is 0 Å². The number of hydrogen-bond donors (Lipinski definition) is 1. The van der Waals surface area contributed by atoms with Crippen molar-refractivity contribution in [3.63, 3.8) is 0 Å². The molecule has 43 heavy (non-hydrogen) atoms. The van der Waals surface area contributed by atoms with Gasteiger partial charge in [0.25, 0.3) is 0 Å². The molecule has 0 spiro atoms. The maximum atomic E-state index is 12.3. The van der Waals surface area contributed by atoms with Crippen LogP contribution in [-0.4, -0.2) is 32.3 Å². The highest BCUT2D eigenvalue weighted by Crippen LogP contribution is 2.33. The fourth-order valence-electron chi connectivity index (χ4n) is 4.66. The molecule has 1 aromatic heterocycles. The normalized spacial score (nSPS) is 11.6. The van der Waals surface area contributed by atoms with E-state index in [4.69, 9.17) is 14.5 Å². The number of phenolic OH excluding ortho intramolecular Hbond substituents is 1. The minimum atomic E-state index is -0.791. The van der Waals surface area contributed by atoms with Gasteiger partial charge in [-0.2, -0.15) is 0 Å². The maximum Gasteiger partial charge on any atom is 0.336 e. The molecule has 0 radical (unpaired) electrons. The molecular weight excluding hydrogens is 538 g/mol. The van der Waals surface area contributed by atoms with E-state index in [0.29, 0.717) is 40.8 Å². The molecule has 1 N–H and O–H groups in total. The monoisotopic (exact) mass is 579 g/mol. The highest BCUT2D eigenvalue weighted by Gasteiger charge is 2.19. The van der Waals surface area contributed by atoms with Gasteiger partial charge in [0.05, 0.1) is 5.56 Å². The molecule has 1 unspecified atom stereocenters. The number of aromatic hydroxyl groups is 1. The third-order valence-corrected chi connectivity index (χ3v) is 7.06. The second-order valence-corrected chi connectivity index (χ2v) is 10.7. The van der Waals surface area contributed by atoms with Gasteiger partial charge in [0, 0.05) is 29.2 Å². The summed E-state index contributed by atoms with van der Waals surface area (Å²) < 4.78 is 11.6. The van der Waals surface area contributed by atoms with E-state index in [1.807, 2.05) is 60.7 Å². The van der Waals surface area contributed by atoms with Gasteiger partial charge in [-0.3, -0.25) is 0 Å². The molecular formula is C36H41N3O4. The summed E-state index contributed by atoms with van der Waals surface area (Å²) in [5, 5.41) is 11.1. The number of nitrogens with zero attached hydrogens (tertiary/aromatic N) is 3. The molecule has 3 aromatic carbocycles. The average Bonchev–Trinajstić information content (AvgIpc) is 3.03. The summed E-state index contributed by atoms with van der Waals surface area (Å²) >= 11 is 0. The van der Waals surface area contributed by atoms with Crippen LogP contribution < -0.4 is 4.74 Å². The van der Waals surface area contributed by atoms with Gasteiger partial charge in [0.2, 0.25) is 6.29 Å². The molecule has 1 atom stereocenters. The average molecular weight is 580 g/mol. The van der Waals surface area contributed by atoms with E-state index in [1.54, 1.807) is 19.1 Å². The van der Waals surface area contributed by atoms with Crippen LogP contribution in [0.3, 0.4) is 0 Å². The van der Waals surface area contributed by atoms with E-state index in [-0.39, 0.29) is 5.75 Å². The van der Waals surface area contributed by atoms with Gasteiger partial charge in [-0.05, 0) is 25.5 Å².